The van der Waals surface area contributed by atoms with E-state index in [0.717, 1.165) is 4.90 Å². The normalized spacial score (nSPS) is 15.5. The molecule has 0 rings (SSSR count). The molecular formula is C67H121N11O16. The Hall–Kier alpha value is -6.74. The third-order valence-corrected chi connectivity index (χ3v) is 16.8. The highest BCUT2D eigenvalue weighted by molar-refractivity contribution is 5.98. The molecule has 0 aliphatic heterocycles. The maximum atomic E-state index is 15.3. The molecule has 27 heteroatoms. The second kappa shape index (κ2) is 42.6. The Morgan fingerprint density at radius 2 is 0.968 bits per heavy atom. The highest BCUT2D eigenvalue weighted by Gasteiger charge is 2.46. The van der Waals surface area contributed by atoms with Gasteiger partial charge in [-0.25, -0.2) is 4.79 Å². The lowest BCUT2D eigenvalue weighted by molar-refractivity contribution is -0.164. The fourth-order valence-corrected chi connectivity index (χ4v) is 11.1. The molecule has 27 nitrogen and oxygen atoms in total. The maximum Gasteiger partial charge on any atom is 0.328 e. The Morgan fingerprint density at radius 1 is 0.500 bits per heavy atom. The first-order valence-corrected chi connectivity index (χ1v) is 33.0. The molecule has 0 aliphatic rings. The molecular weight excluding hydrogens is 1210 g/mol. The highest BCUT2D eigenvalue weighted by Crippen LogP contribution is 2.27. The molecule has 540 valence electrons. The van der Waals surface area contributed by atoms with Crippen LogP contribution in [0.2, 0.25) is 0 Å². The fourth-order valence-electron chi connectivity index (χ4n) is 11.1. The zero-order valence-corrected chi connectivity index (χ0v) is 61.6. The lowest BCUT2D eigenvalue weighted by Crippen LogP contribution is -2.63. The van der Waals surface area contributed by atoms with E-state index >= 15 is 14.4 Å². The molecule has 0 fully saturated rings. The fraction of sp³-hybridized carbons (Fsp3) is 0.791. The quantitative estimate of drug-likeness (QED) is 0.0433. The summed E-state index contributed by atoms with van der Waals surface area (Å²) in [7, 11) is 13.3. The molecule has 0 bridgehead atoms. The van der Waals surface area contributed by atoms with Crippen molar-refractivity contribution in [2.45, 2.75) is 216 Å². The number of nitrogens with one attached hydrogen (secondary N) is 5. The van der Waals surface area contributed by atoms with E-state index in [1.165, 1.54) is 102 Å². The molecule has 0 aromatic carbocycles. The van der Waals surface area contributed by atoms with Crippen LogP contribution in [0.3, 0.4) is 0 Å². The average molecular weight is 1340 g/mol. The summed E-state index contributed by atoms with van der Waals surface area (Å²) in [5, 5.41) is 13.9. The first kappa shape index (κ1) is 87.3. The third-order valence-electron chi connectivity index (χ3n) is 16.8. The Labute approximate surface area is 561 Å². The van der Waals surface area contributed by atoms with Crippen LogP contribution in [0, 0.1) is 41.4 Å². The number of hydrogen-bond acceptors (Lipinski definition) is 17. The second-order valence-electron chi connectivity index (χ2n) is 26.9. The van der Waals surface area contributed by atoms with Crippen molar-refractivity contribution in [3.05, 3.63) is 12.2 Å². The SMILES string of the molecule is CC=CCC(C)C(OC(C)=O)C(C(=O)NC(CC)C(=O)OCCN(C)C(C)=O)N(C)C(=O)C(C(C)C)N(C)C(=O)C(CC(C)C)N(C)C(=O)C(CC(C)C)N(C)C(=O)C(C)NC(=O)C(C)NC(=O)C(CC(C)C)N(C)C(=O)C(NC(=O)C(NC)C(COC)COC)C(C)C. The van der Waals surface area contributed by atoms with Crippen LogP contribution in [0.15, 0.2) is 12.2 Å². The molecule has 5 N–H and O–H groups in total. The van der Waals surface area contributed by atoms with Crippen molar-refractivity contribution in [3.63, 3.8) is 0 Å². The van der Waals surface area contributed by atoms with E-state index in [2.05, 4.69) is 26.6 Å². The number of methoxy groups -OCH3 is 2. The zero-order chi connectivity index (χ0) is 72.9. The van der Waals surface area contributed by atoms with Crippen molar-refractivity contribution < 1.29 is 76.5 Å². The first-order chi connectivity index (χ1) is 43.6. The van der Waals surface area contributed by atoms with E-state index in [0.29, 0.717) is 6.42 Å². The van der Waals surface area contributed by atoms with E-state index in [4.69, 9.17) is 18.9 Å². The van der Waals surface area contributed by atoms with Crippen molar-refractivity contribution in [2.24, 2.45) is 41.4 Å². The number of allylic oxidation sites excluding steroid dienone is 2. The number of nitrogens with zero attached hydrogens (tertiary/aromatic N) is 6. The van der Waals surface area contributed by atoms with Crippen LogP contribution in [-0.2, 0) is 76.5 Å². The van der Waals surface area contributed by atoms with Crippen LogP contribution in [0.1, 0.15) is 150 Å². The first-order valence-electron chi connectivity index (χ1n) is 33.0. The molecule has 12 atom stereocenters. The van der Waals surface area contributed by atoms with Gasteiger partial charge in [-0.2, -0.15) is 0 Å². The summed E-state index contributed by atoms with van der Waals surface area (Å²) in [6.07, 6.45) is 3.16. The van der Waals surface area contributed by atoms with E-state index in [9.17, 15) is 43.2 Å². The molecule has 10 amide bonds. The molecule has 0 aromatic heterocycles. The van der Waals surface area contributed by atoms with Gasteiger partial charge in [-0.05, 0) is 95.4 Å². The van der Waals surface area contributed by atoms with Gasteiger partial charge in [-0.1, -0.05) is 95.2 Å². The number of carbonyl (C=O) groups excluding carboxylic acids is 12. The summed E-state index contributed by atoms with van der Waals surface area (Å²) in [5.41, 5.74) is 0. The monoisotopic (exact) mass is 1340 g/mol. The Bertz CT molecular complexity index is 2510. The number of carbonyl (C=O) groups is 12. The summed E-state index contributed by atoms with van der Waals surface area (Å²) < 4.78 is 22.0. The Morgan fingerprint density at radius 3 is 1.40 bits per heavy atom. The molecule has 0 radical (unpaired) electrons. The second-order valence-corrected chi connectivity index (χ2v) is 26.9. The Kier molecular flexibility index (Phi) is 39.6. The van der Waals surface area contributed by atoms with Gasteiger partial charge in [0.15, 0.2) is 0 Å². The van der Waals surface area contributed by atoms with Gasteiger partial charge >= 0.3 is 11.9 Å². The van der Waals surface area contributed by atoms with Gasteiger partial charge in [-0.15, -0.1) is 0 Å². The predicted octanol–water partition coefficient (Wildman–Crippen LogP) is 3.01. The van der Waals surface area contributed by atoms with Gasteiger partial charge < -0.3 is 74.9 Å². The summed E-state index contributed by atoms with van der Waals surface area (Å²) in [6.45, 7) is 29.1. The minimum absolute atomic E-state index is 0.0682. The van der Waals surface area contributed by atoms with Crippen molar-refractivity contribution in [2.75, 3.05) is 89.9 Å². The predicted molar refractivity (Wildman–Crippen MR) is 359 cm³/mol. The van der Waals surface area contributed by atoms with E-state index in [1.54, 1.807) is 68.6 Å². The van der Waals surface area contributed by atoms with Crippen molar-refractivity contribution in [1.82, 2.24) is 56.0 Å². The third kappa shape index (κ3) is 27.2. The summed E-state index contributed by atoms with van der Waals surface area (Å²) in [6, 6.07) is -11.8. The van der Waals surface area contributed by atoms with Crippen LogP contribution in [0.25, 0.3) is 0 Å². The number of esters is 2. The van der Waals surface area contributed by atoms with Gasteiger partial charge in [0.1, 0.15) is 67.1 Å². The van der Waals surface area contributed by atoms with Crippen molar-refractivity contribution in [1.29, 1.82) is 0 Å². The van der Waals surface area contributed by atoms with Gasteiger partial charge in [0.2, 0.25) is 59.1 Å². The lowest BCUT2D eigenvalue weighted by Gasteiger charge is -2.42. The summed E-state index contributed by atoms with van der Waals surface area (Å²) >= 11 is 0. The van der Waals surface area contributed by atoms with Gasteiger partial charge in [0.05, 0.1) is 25.8 Å². The van der Waals surface area contributed by atoms with Gasteiger partial charge in [0, 0.05) is 76.3 Å². The van der Waals surface area contributed by atoms with E-state index < -0.39 is 149 Å². The zero-order valence-electron chi connectivity index (χ0n) is 61.6. The van der Waals surface area contributed by atoms with Gasteiger partial charge in [0.25, 0.3) is 0 Å². The molecule has 0 saturated carbocycles. The van der Waals surface area contributed by atoms with Crippen molar-refractivity contribution in [3.8, 4) is 0 Å². The van der Waals surface area contributed by atoms with Crippen molar-refractivity contribution >= 4 is 71.0 Å². The van der Waals surface area contributed by atoms with Crippen LogP contribution in [-0.4, -0.2) is 257 Å². The minimum Gasteiger partial charge on any atom is -0.462 e. The highest BCUT2D eigenvalue weighted by atomic mass is 16.5. The molecule has 94 heavy (non-hydrogen) atoms. The van der Waals surface area contributed by atoms with E-state index in [-0.39, 0.29) is 81.6 Å². The molecule has 0 aliphatic carbocycles. The molecule has 0 saturated heterocycles. The number of hydrogen-bond donors (Lipinski definition) is 5. The standard InChI is InChI=1S/C67H121N11O16/c1-27-29-30-43(13)57(94-47(17)80)56(61(84)71-49(28-2)67(90)93-32-31-73(19)46(16)79)78(24)66(89)55(42(11)12)77(23)64(87)52(35-40(7)8)76(22)63(86)51(34-39(5)6)75(21)62(85)45(15)70-58(81)44(14)69-59(82)50(33-38(3)4)74(20)65(88)53(41(9)10)72-60(83)54(68-18)48(36-91-25)37-92-26/h27,29,38-45,48-57,68H,28,30-37H2,1-26H3,(H,69,82)(H,70,81)(H,71,84)(H,72,83). The van der Waals surface area contributed by atoms with E-state index in [1.807, 2.05) is 47.6 Å². The summed E-state index contributed by atoms with van der Waals surface area (Å²) in [5.74, 6) is -10.1. The molecule has 0 aromatic rings. The minimum atomic E-state index is -1.56. The topological polar surface area (TPSA) is 321 Å². The summed E-state index contributed by atoms with van der Waals surface area (Å²) in [4.78, 5) is 176. The van der Waals surface area contributed by atoms with Crippen LogP contribution in [0.5, 0.6) is 0 Å². The average Bonchev–Trinajstić information content (AvgIpc) is 0.803. The van der Waals surface area contributed by atoms with Gasteiger partial charge in [-0.3, -0.25) is 52.7 Å². The number of rotatable bonds is 42. The lowest BCUT2D eigenvalue weighted by atomic mass is 9.91. The molecule has 0 spiro atoms. The van der Waals surface area contributed by atoms with Crippen LogP contribution in [0.4, 0.5) is 0 Å². The molecule has 0 heterocycles. The number of amides is 10. The van der Waals surface area contributed by atoms with Crippen LogP contribution >= 0.6 is 0 Å². The molecule has 12 unspecified atom stereocenters. The largest absolute Gasteiger partial charge is 0.462 e. The van der Waals surface area contributed by atoms with Crippen LogP contribution < -0.4 is 26.6 Å². The Balaban J connectivity index is 7.14. The number of ether oxygens (including phenoxy) is 4. The smallest absolute Gasteiger partial charge is 0.328 e. The maximum absolute atomic E-state index is 15.3. The number of likely N-dealkylation sites (N-methyl/N-ethyl adjacent to an activating group) is 7.